The van der Waals surface area contributed by atoms with Crippen LogP contribution in [0.3, 0.4) is 0 Å². The molecule has 3 rings (SSSR count). The molecule has 2 fully saturated rings. The maximum atomic E-state index is 12.4. The highest BCUT2D eigenvalue weighted by Crippen LogP contribution is 2.34. The van der Waals surface area contributed by atoms with Crippen LogP contribution in [0.5, 0.6) is 0 Å². The summed E-state index contributed by atoms with van der Waals surface area (Å²) >= 11 is 0. The Morgan fingerprint density at radius 3 is 2.61 bits per heavy atom. The molecule has 0 aliphatic carbocycles. The standard InChI is InChI=1S/C14H18N2O2/c17-7-6-15-8-11-9-16(14(18)13(11)10-15)12-4-2-1-3-5-12/h1-5,11,13,17H,6-10H2/t11-,13-/m0/s1. The first-order valence-corrected chi connectivity index (χ1v) is 6.49. The van der Waals surface area contributed by atoms with E-state index < -0.39 is 0 Å². The lowest BCUT2D eigenvalue weighted by Crippen LogP contribution is -2.33. The molecule has 1 N–H and O–H groups in total. The van der Waals surface area contributed by atoms with Gasteiger partial charge in [-0.25, -0.2) is 0 Å². The fraction of sp³-hybridized carbons (Fsp3) is 0.500. The van der Waals surface area contributed by atoms with Crippen LogP contribution in [0.2, 0.25) is 0 Å². The molecule has 0 aromatic heterocycles. The van der Waals surface area contributed by atoms with Crippen molar-refractivity contribution in [3.05, 3.63) is 30.3 Å². The number of aliphatic hydroxyl groups excluding tert-OH is 1. The van der Waals surface area contributed by atoms with E-state index in [2.05, 4.69) is 4.90 Å². The number of amides is 1. The predicted molar refractivity (Wildman–Crippen MR) is 69.3 cm³/mol. The van der Waals surface area contributed by atoms with Crippen molar-refractivity contribution in [2.24, 2.45) is 11.8 Å². The van der Waals surface area contributed by atoms with Gasteiger partial charge in [0, 0.05) is 37.8 Å². The summed E-state index contributed by atoms with van der Waals surface area (Å²) in [6, 6.07) is 9.88. The molecule has 0 bridgehead atoms. The minimum absolute atomic E-state index is 0.122. The molecule has 0 saturated carbocycles. The van der Waals surface area contributed by atoms with Gasteiger partial charge < -0.3 is 10.0 Å². The molecule has 1 aromatic carbocycles. The Morgan fingerprint density at radius 1 is 1.17 bits per heavy atom. The van der Waals surface area contributed by atoms with Gasteiger partial charge >= 0.3 is 0 Å². The fourth-order valence-corrected chi connectivity index (χ4v) is 3.11. The Balaban J connectivity index is 1.73. The summed E-state index contributed by atoms with van der Waals surface area (Å²) in [5, 5.41) is 8.95. The summed E-state index contributed by atoms with van der Waals surface area (Å²) in [7, 11) is 0. The van der Waals surface area contributed by atoms with E-state index in [0.717, 1.165) is 25.3 Å². The topological polar surface area (TPSA) is 43.8 Å². The highest BCUT2D eigenvalue weighted by molar-refractivity contribution is 5.98. The third-order valence-electron chi connectivity index (χ3n) is 4.00. The maximum Gasteiger partial charge on any atom is 0.231 e. The number of β-amino-alcohol motifs (C(OH)–C–C–N with tert-alkyl or cyclic N) is 1. The van der Waals surface area contributed by atoms with Crippen molar-refractivity contribution in [2.45, 2.75) is 0 Å². The molecule has 96 valence electrons. The zero-order valence-corrected chi connectivity index (χ0v) is 10.3. The van der Waals surface area contributed by atoms with Crippen LogP contribution in [0.4, 0.5) is 5.69 Å². The normalized spacial score (nSPS) is 27.8. The number of fused-ring (bicyclic) bond motifs is 1. The molecule has 2 saturated heterocycles. The van der Waals surface area contributed by atoms with E-state index in [1.54, 1.807) is 0 Å². The molecule has 2 aliphatic rings. The largest absolute Gasteiger partial charge is 0.395 e. The van der Waals surface area contributed by atoms with Gasteiger partial charge in [0.25, 0.3) is 0 Å². The first-order valence-electron chi connectivity index (χ1n) is 6.49. The van der Waals surface area contributed by atoms with Crippen molar-refractivity contribution in [1.82, 2.24) is 4.90 Å². The molecule has 2 atom stereocenters. The van der Waals surface area contributed by atoms with Gasteiger partial charge in [0.1, 0.15) is 0 Å². The molecule has 0 unspecified atom stereocenters. The van der Waals surface area contributed by atoms with Crippen molar-refractivity contribution in [3.8, 4) is 0 Å². The molecular formula is C14H18N2O2. The number of aliphatic hydroxyl groups is 1. The van der Waals surface area contributed by atoms with Crippen LogP contribution in [-0.4, -0.2) is 48.7 Å². The molecule has 4 nitrogen and oxygen atoms in total. The molecule has 1 aromatic rings. The zero-order valence-electron chi connectivity index (χ0n) is 10.3. The number of anilines is 1. The third kappa shape index (κ3) is 1.91. The predicted octanol–water partition coefficient (Wildman–Crippen LogP) is 0.573. The molecule has 2 aliphatic heterocycles. The molecule has 2 heterocycles. The fourth-order valence-electron chi connectivity index (χ4n) is 3.11. The lowest BCUT2D eigenvalue weighted by molar-refractivity contribution is -0.120. The van der Waals surface area contributed by atoms with Crippen molar-refractivity contribution in [2.75, 3.05) is 37.7 Å². The van der Waals surface area contributed by atoms with E-state index in [9.17, 15) is 4.79 Å². The average Bonchev–Trinajstić information content (AvgIpc) is 2.91. The number of benzene rings is 1. The second-order valence-corrected chi connectivity index (χ2v) is 5.13. The van der Waals surface area contributed by atoms with Crippen molar-refractivity contribution >= 4 is 11.6 Å². The Hall–Kier alpha value is -1.39. The number of hydrogen-bond acceptors (Lipinski definition) is 3. The van der Waals surface area contributed by atoms with Crippen molar-refractivity contribution in [3.63, 3.8) is 0 Å². The number of carbonyl (C=O) groups excluding carboxylic acids is 1. The van der Waals surface area contributed by atoms with Crippen molar-refractivity contribution in [1.29, 1.82) is 0 Å². The zero-order chi connectivity index (χ0) is 12.5. The van der Waals surface area contributed by atoms with Crippen LogP contribution < -0.4 is 4.90 Å². The van der Waals surface area contributed by atoms with E-state index in [1.807, 2.05) is 35.2 Å². The second-order valence-electron chi connectivity index (χ2n) is 5.13. The lowest BCUT2D eigenvalue weighted by atomic mass is 10.0. The maximum absolute atomic E-state index is 12.4. The van der Waals surface area contributed by atoms with Gasteiger partial charge in [0.2, 0.25) is 5.91 Å². The van der Waals surface area contributed by atoms with Gasteiger partial charge in [-0.3, -0.25) is 9.69 Å². The number of carbonyl (C=O) groups is 1. The van der Waals surface area contributed by atoms with Crippen LogP contribution in [0.25, 0.3) is 0 Å². The molecule has 1 amide bonds. The summed E-state index contributed by atoms with van der Waals surface area (Å²) in [6.45, 7) is 3.41. The second kappa shape index (κ2) is 4.71. The Bertz CT molecular complexity index is 435. The average molecular weight is 246 g/mol. The van der Waals surface area contributed by atoms with E-state index >= 15 is 0 Å². The first kappa shape index (κ1) is 11.7. The minimum Gasteiger partial charge on any atom is -0.395 e. The molecule has 4 heteroatoms. The van der Waals surface area contributed by atoms with Gasteiger partial charge in [0.15, 0.2) is 0 Å². The SMILES string of the molecule is O=C1[C@H]2CN(CCO)C[C@H]2CN1c1ccccc1. The van der Waals surface area contributed by atoms with Crippen LogP contribution >= 0.6 is 0 Å². The molecule has 0 radical (unpaired) electrons. The summed E-state index contributed by atoms with van der Waals surface area (Å²) in [6.07, 6.45) is 0. The summed E-state index contributed by atoms with van der Waals surface area (Å²) in [4.78, 5) is 16.5. The van der Waals surface area contributed by atoms with E-state index in [0.29, 0.717) is 12.5 Å². The van der Waals surface area contributed by atoms with Crippen LogP contribution in [-0.2, 0) is 4.79 Å². The monoisotopic (exact) mass is 246 g/mol. The van der Waals surface area contributed by atoms with Gasteiger partial charge in [-0.05, 0) is 12.1 Å². The van der Waals surface area contributed by atoms with Gasteiger partial charge in [-0.1, -0.05) is 18.2 Å². The lowest BCUT2D eigenvalue weighted by Gasteiger charge is -2.21. The molecule has 0 spiro atoms. The first-order chi connectivity index (χ1) is 8.79. The molecule has 18 heavy (non-hydrogen) atoms. The Kier molecular flexibility index (Phi) is 3.06. The van der Waals surface area contributed by atoms with Crippen molar-refractivity contribution < 1.29 is 9.90 Å². The number of nitrogens with zero attached hydrogens (tertiary/aromatic N) is 2. The summed E-state index contributed by atoms with van der Waals surface area (Å²) < 4.78 is 0. The smallest absolute Gasteiger partial charge is 0.231 e. The molecular weight excluding hydrogens is 228 g/mol. The summed E-state index contributed by atoms with van der Waals surface area (Å²) in [5.74, 6) is 0.785. The minimum atomic E-state index is 0.122. The van der Waals surface area contributed by atoms with E-state index in [-0.39, 0.29) is 18.4 Å². The number of likely N-dealkylation sites (tertiary alicyclic amines) is 1. The van der Waals surface area contributed by atoms with Gasteiger partial charge in [-0.15, -0.1) is 0 Å². The highest BCUT2D eigenvalue weighted by Gasteiger charge is 2.46. The Morgan fingerprint density at radius 2 is 1.94 bits per heavy atom. The Labute approximate surface area is 107 Å². The summed E-state index contributed by atoms with van der Waals surface area (Å²) in [5.41, 5.74) is 1.01. The third-order valence-corrected chi connectivity index (χ3v) is 4.00. The highest BCUT2D eigenvalue weighted by atomic mass is 16.3. The van der Waals surface area contributed by atoms with E-state index in [1.165, 1.54) is 0 Å². The van der Waals surface area contributed by atoms with Gasteiger partial charge in [0.05, 0.1) is 12.5 Å². The number of rotatable bonds is 3. The van der Waals surface area contributed by atoms with E-state index in [4.69, 9.17) is 5.11 Å². The van der Waals surface area contributed by atoms with Crippen LogP contribution in [0.15, 0.2) is 30.3 Å². The number of para-hydroxylation sites is 1. The van der Waals surface area contributed by atoms with Crippen LogP contribution in [0, 0.1) is 11.8 Å². The quantitative estimate of drug-likeness (QED) is 0.848. The van der Waals surface area contributed by atoms with Crippen LogP contribution in [0.1, 0.15) is 0 Å². The van der Waals surface area contributed by atoms with Gasteiger partial charge in [-0.2, -0.15) is 0 Å². The number of hydrogen-bond donors (Lipinski definition) is 1.